The van der Waals surface area contributed by atoms with E-state index in [0.717, 1.165) is 6.42 Å². The minimum atomic E-state index is -0.415. The van der Waals surface area contributed by atoms with Gasteiger partial charge in [0.1, 0.15) is 11.5 Å². The third kappa shape index (κ3) is 7.26. The van der Waals surface area contributed by atoms with Crippen molar-refractivity contribution in [3.63, 3.8) is 0 Å². The number of phenolic OH excluding ortho intramolecular Hbond substituents is 2. The fraction of sp³-hybridized carbons (Fsp3) is 0.590. The van der Waals surface area contributed by atoms with E-state index in [-0.39, 0.29) is 70.0 Å². The quantitative estimate of drug-likeness (QED) is 0.248. The molecule has 2 aromatic rings. The molecule has 6 heteroatoms. The van der Waals surface area contributed by atoms with Crippen LogP contribution in [0.25, 0.3) is 0 Å². The molecule has 2 N–H and O–H groups in total. The average molecular weight is 619 g/mol. The zero-order valence-electron chi connectivity index (χ0n) is 29.4. The van der Waals surface area contributed by atoms with E-state index in [1.54, 1.807) is 24.3 Å². The lowest BCUT2D eigenvalue weighted by Crippen LogP contribution is -2.30. The largest absolute Gasteiger partial charge is 0.507 e. The standard InChI is InChI=1S/C39H54O6/c1-36(2,3)28-16-24(17-29(32(28)40)37(4,5)6)34(42)44-20-26-22-13-14-23(15-22)27(26)21-45-35(43)25-18-30(38(7,8)9)33(41)31(19-25)39(10,11)12/h13-14,16-19,22-23,26-27,40-41H,15,20-21H2,1-12H3/t22-,23+,26+,27-. The van der Waals surface area contributed by atoms with Gasteiger partial charge in [-0.15, -0.1) is 0 Å². The Kier molecular flexibility index (Phi) is 9.09. The number of rotatable bonds is 6. The second kappa shape index (κ2) is 11.8. The average Bonchev–Trinajstić information content (AvgIpc) is 3.49. The second-order valence-electron chi connectivity index (χ2n) is 17.3. The first-order valence-electron chi connectivity index (χ1n) is 16.3. The Bertz CT molecular complexity index is 1300. The number of hydrogen-bond donors (Lipinski definition) is 2. The summed E-state index contributed by atoms with van der Waals surface area (Å²) in [7, 11) is 0. The van der Waals surface area contributed by atoms with Gasteiger partial charge in [0.25, 0.3) is 0 Å². The van der Waals surface area contributed by atoms with Crippen LogP contribution in [0.3, 0.4) is 0 Å². The van der Waals surface area contributed by atoms with E-state index in [0.29, 0.717) is 33.4 Å². The van der Waals surface area contributed by atoms with E-state index in [4.69, 9.17) is 9.47 Å². The van der Waals surface area contributed by atoms with Gasteiger partial charge in [-0.05, 0) is 64.2 Å². The predicted molar refractivity (Wildman–Crippen MR) is 179 cm³/mol. The van der Waals surface area contributed by atoms with Crippen LogP contribution in [0.4, 0.5) is 0 Å². The van der Waals surface area contributed by atoms with Crippen LogP contribution in [-0.2, 0) is 31.1 Å². The van der Waals surface area contributed by atoms with Gasteiger partial charge in [-0.2, -0.15) is 0 Å². The van der Waals surface area contributed by atoms with E-state index in [1.807, 2.05) is 83.1 Å². The number of fused-ring (bicyclic) bond motifs is 2. The third-order valence-electron chi connectivity index (χ3n) is 9.54. The topological polar surface area (TPSA) is 93.1 Å². The van der Waals surface area contributed by atoms with Crippen LogP contribution in [0, 0.1) is 23.7 Å². The molecule has 4 atom stereocenters. The summed E-state index contributed by atoms with van der Waals surface area (Å²) < 4.78 is 11.9. The fourth-order valence-electron chi connectivity index (χ4n) is 6.82. The summed E-state index contributed by atoms with van der Waals surface area (Å²) >= 11 is 0. The minimum absolute atomic E-state index is 0.0353. The highest BCUT2D eigenvalue weighted by Gasteiger charge is 2.46. The van der Waals surface area contributed by atoms with Gasteiger partial charge < -0.3 is 19.7 Å². The number of ether oxygens (including phenoxy) is 2. The van der Waals surface area contributed by atoms with Crippen molar-refractivity contribution >= 4 is 11.9 Å². The summed E-state index contributed by atoms with van der Waals surface area (Å²) in [6.07, 6.45) is 5.35. The molecular formula is C39H54O6. The highest BCUT2D eigenvalue weighted by molar-refractivity contribution is 5.91. The number of carbonyl (C=O) groups excluding carboxylic acids is 2. The Labute approximate surface area is 270 Å². The minimum Gasteiger partial charge on any atom is -0.507 e. The molecule has 4 rings (SSSR count). The summed E-state index contributed by atoms with van der Waals surface area (Å²) in [6.45, 7) is 24.7. The van der Waals surface area contributed by atoms with Crippen molar-refractivity contribution in [3.8, 4) is 11.5 Å². The zero-order valence-corrected chi connectivity index (χ0v) is 29.4. The maximum atomic E-state index is 13.5. The molecule has 0 radical (unpaired) electrons. The smallest absolute Gasteiger partial charge is 0.338 e. The first kappa shape index (κ1) is 34.6. The van der Waals surface area contributed by atoms with Crippen LogP contribution in [-0.4, -0.2) is 35.4 Å². The van der Waals surface area contributed by atoms with Crippen LogP contribution < -0.4 is 0 Å². The van der Waals surface area contributed by atoms with Gasteiger partial charge in [-0.1, -0.05) is 95.2 Å². The summed E-state index contributed by atoms with van der Waals surface area (Å²) in [5.74, 6) is 0.213. The molecule has 1 saturated carbocycles. The number of benzene rings is 2. The highest BCUT2D eigenvalue weighted by atomic mass is 16.5. The normalized spacial score (nSPS) is 21.7. The highest BCUT2D eigenvalue weighted by Crippen LogP contribution is 2.49. The number of aromatic hydroxyl groups is 2. The van der Waals surface area contributed by atoms with Gasteiger partial charge in [-0.3, -0.25) is 0 Å². The van der Waals surface area contributed by atoms with Crippen LogP contribution in [0.15, 0.2) is 36.4 Å². The van der Waals surface area contributed by atoms with Crippen molar-refractivity contribution in [2.24, 2.45) is 23.7 Å². The summed E-state index contributed by atoms with van der Waals surface area (Å²) in [5.41, 5.74) is 2.30. The predicted octanol–water partition coefficient (Wildman–Crippen LogP) is 8.74. The Hall–Kier alpha value is -3.28. The molecule has 2 aliphatic rings. The van der Waals surface area contributed by atoms with Gasteiger partial charge in [-0.25, -0.2) is 9.59 Å². The number of hydrogen-bond acceptors (Lipinski definition) is 6. The number of esters is 2. The zero-order chi connectivity index (χ0) is 33.9. The Balaban J connectivity index is 1.52. The molecule has 1 fully saturated rings. The molecule has 0 amide bonds. The van der Waals surface area contributed by atoms with Crippen LogP contribution >= 0.6 is 0 Å². The first-order chi connectivity index (χ1) is 20.5. The van der Waals surface area contributed by atoms with Crippen molar-refractivity contribution in [2.45, 2.75) is 111 Å². The van der Waals surface area contributed by atoms with Crippen LogP contribution in [0.2, 0.25) is 0 Å². The monoisotopic (exact) mass is 618 g/mol. The maximum absolute atomic E-state index is 13.5. The Morgan fingerprint density at radius 3 is 1.09 bits per heavy atom. The van der Waals surface area contributed by atoms with Crippen molar-refractivity contribution < 1.29 is 29.3 Å². The van der Waals surface area contributed by atoms with E-state index in [1.165, 1.54) is 0 Å². The molecule has 0 unspecified atom stereocenters. The van der Waals surface area contributed by atoms with Gasteiger partial charge in [0, 0.05) is 34.1 Å². The molecule has 0 heterocycles. The molecule has 2 aromatic carbocycles. The lowest BCUT2D eigenvalue weighted by Gasteiger charge is -2.29. The van der Waals surface area contributed by atoms with Gasteiger partial charge >= 0.3 is 11.9 Å². The lowest BCUT2D eigenvalue weighted by atomic mass is 9.78. The van der Waals surface area contributed by atoms with Crippen molar-refractivity contribution in [1.29, 1.82) is 0 Å². The van der Waals surface area contributed by atoms with Crippen molar-refractivity contribution in [1.82, 2.24) is 0 Å². The third-order valence-corrected chi connectivity index (χ3v) is 9.54. The van der Waals surface area contributed by atoms with E-state index in [9.17, 15) is 19.8 Å². The number of carbonyl (C=O) groups is 2. The number of phenols is 2. The van der Waals surface area contributed by atoms with E-state index < -0.39 is 11.9 Å². The number of allylic oxidation sites excluding steroid dienone is 2. The summed E-state index contributed by atoms with van der Waals surface area (Å²) in [5, 5.41) is 22.1. The van der Waals surface area contributed by atoms with Crippen molar-refractivity contribution in [3.05, 3.63) is 69.8 Å². The second-order valence-corrected chi connectivity index (χ2v) is 17.3. The fourth-order valence-corrected chi connectivity index (χ4v) is 6.82. The summed E-state index contributed by atoms with van der Waals surface area (Å²) in [4.78, 5) is 26.9. The first-order valence-corrected chi connectivity index (χ1v) is 16.3. The SMILES string of the molecule is CC(C)(C)c1cc(C(=O)OC[C@@H]2[C@H](COC(=O)c3cc(C(C)(C)C)c(O)c(C(C)(C)C)c3)[C@H]3C=C[C@@H]2C3)cc(C(C)(C)C)c1O. The lowest BCUT2D eigenvalue weighted by molar-refractivity contribution is 0.0203. The van der Waals surface area contributed by atoms with Gasteiger partial charge in [0.2, 0.25) is 0 Å². The molecule has 2 bridgehead atoms. The maximum Gasteiger partial charge on any atom is 0.338 e. The van der Waals surface area contributed by atoms with E-state index in [2.05, 4.69) is 12.2 Å². The van der Waals surface area contributed by atoms with Crippen LogP contribution in [0.5, 0.6) is 11.5 Å². The molecule has 0 aliphatic heterocycles. The molecule has 0 spiro atoms. The molecule has 45 heavy (non-hydrogen) atoms. The summed E-state index contributed by atoms with van der Waals surface area (Å²) in [6, 6.07) is 7.01. The van der Waals surface area contributed by atoms with Crippen molar-refractivity contribution in [2.75, 3.05) is 13.2 Å². The Morgan fingerprint density at radius 2 is 0.844 bits per heavy atom. The molecular weight excluding hydrogens is 564 g/mol. The molecule has 6 nitrogen and oxygen atoms in total. The van der Waals surface area contributed by atoms with Gasteiger partial charge in [0.15, 0.2) is 0 Å². The van der Waals surface area contributed by atoms with Crippen LogP contribution in [0.1, 0.15) is 132 Å². The molecule has 246 valence electrons. The molecule has 2 aliphatic carbocycles. The Morgan fingerprint density at radius 1 is 0.578 bits per heavy atom. The van der Waals surface area contributed by atoms with Gasteiger partial charge in [0.05, 0.1) is 24.3 Å². The molecule has 0 aromatic heterocycles. The molecule has 0 saturated heterocycles. The van der Waals surface area contributed by atoms with E-state index >= 15 is 0 Å².